The van der Waals surface area contributed by atoms with Crippen LogP contribution in [-0.2, 0) is 9.59 Å². The molecule has 19 heavy (non-hydrogen) atoms. The first kappa shape index (κ1) is 19.3. The molecule has 0 amide bonds. The maximum atomic E-state index is 8.35. The Morgan fingerprint density at radius 3 is 1.21 bits per heavy atom. The molecular formula is C15H22N2O2. The van der Waals surface area contributed by atoms with Gasteiger partial charge in [-0.05, 0) is 6.92 Å². The van der Waals surface area contributed by atoms with Crippen molar-refractivity contribution in [3.8, 4) is 0 Å². The number of aryl methyl sites for hydroxylation is 1. The van der Waals surface area contributed by atoms with Crippen LogP contribution in [0.25, 0.3) is 0 Å². The largest absolute Gasteiger partial charge is 0.231 e. The van der Waals surface area contributed by atoms with Crippen LogP contribution in [0.3, 0.4) is 0 Å². The topological polar surface area (TPSA) is 81.8 Å². The molecule has 4 heteroatoms. The van der Waals surface area contributed by atoms with Gasteiger partial charge in [-0.1, -0.05) is 74.4 Å². The van der Waals surface area contributed by atoms with E-state index in [4.69, 9.17) is 20.4 Å². The maximum Gasteiger partial charge on any atom is 0.231 e. The third-order valence-corrected chi connectivity index (χ3v) is 2.44. The van der Waals surface area contributed by atoms with Gasteiger partial charge >= 0.3 is 0 Å². The highest BCUT2D eigenvalue weighted by molar-refractivity contribution is 5.26. The predicted molar refractivity (Wildman–Crippen MR) is 75.7 cm³/mol. The molecule has 1 aliphatic carbocycles. The highest BCUT2D eigenvalue weighted by atomic mass is 16.1. The summed E-state index contributed by atoms with van der Waals surface area (Å²) in [5, 5.41) is 10.8. The zero-order chi connectivity index (χ0) is 14.8. The van der Waals surface area contributed by atoms with E-state index in [0.717, 1.165) is 12.2 Å². The summed E-state index contributed by atoms with van der Waals surface area (Å²) < 4.78 is 0. The summed E-state index contributed by atoms with van der Waals surface area (Å²) in [7, 11) is 0. The van der Waals surface area contributed by atoms with Crippen LogP contribution in [-0.4, -0.2) is 12.2 Å². The molecule has 0 spiro atoms. The lowest BCUT2D eigenvalue weighted by Crippen LogP contribution is -1.85. The lowest BCUT2D eigenvalue weighted by Gasteiger charge is -2.05. The molecule has 2 N–H and O–H groups in total. The van der Waals surface area contributed by atoms with Crippen molar-refractivity contribution in [1.82, 2.24) is 0 Å². The van der Waals surface area contributed by atoms with Crippen molar-refractivity contribution in [3.63, 3.8) is 0 Å². The second kappa shape index (κ2) is 18.3. The van der Waals surface area contributed by atoms with Gasteiger partial charge in [0.25, 0.3) is 0 Å². The molecule has 0 unspecified atom stereocenters. The average molecular weight is 262 g/mol. The van der Waals surface area contributed by atoms with E-state index in [1.165, 1.54) is 44.1 Å². The Balaban J connectivity index is 0. The van der Waals surface area contributed by atoms with Crippen LogP contribution < -0.4 is 0 Å². The SMILES string of the molecule is C1CCCCC1.Cc1ccccc1.N=C=O.N=C=O. The second-order valence-corrected chi connectivity index (χ2v) is 3.98. The first-order valence-corrected chi connectivity index (χ1v) is 6.32. The molecule has 0 aliphatic heterocycles. The molecule has 1 aromatic rings. The normalized spacial score (nSPS) is 11.6. The molecule has 0 saturated heterocycles. The number of hydrogen-bond acceptors (Lipinski definition) is 4. The van der Waals surface area contributed by atoms with Gasteiger partial charge in [0, 0.05) is 0 Å². The van der Waals surface area contributed by atoms with E-state index in [1.807, 2.05) is 18.2 Å². The lowest BCUT2D eigenvalue weighted by molar-refractivity contribution is 0.504. The second-order valence-electron chi connectivity index (χ2n) is 3.98. The molecule has 1 aliphatic rings. The fourth-order valence-corrected chi connectivity index (χ4v) is 1.60. The molecule has 104 valence electrons. The van der Waals surface area contributed by atoms with Crippen molar-refractivity contribution in [2.75, 3.05) is 0 Å². The van der Waals surface area contributed by atoms with E-state index < -0.39 is 0 Å². The van der Waals surface area contributed by atoms with Crippen molar-refractivity contribution in [2.45, 2.75) is 45.4 Å². The summed E-state index contributed by atoms with van der Waals surface area (Å²) in [6.07, 6.45) is 10.5. The fourth-order valence-electron chi connectivity index (χ4n) is 1.60. The van der Waals surface area contributed by atoms with Crippen LogP contribution in [0, 0.1) is 17.7 Å². The zero-order valence-electron chi connectivity index (χ0n) is 11.4. The first-order valence-electron chi connectivity index (χ1n) is 6.32. The van der Waals surface area contributed by atoms with Crippen molar-refractivity contribution in [3.05, 3.63) is 35.9 Å². The molecule has 0 bridgehead atoms. The molecular weight excluding hydrogens is 240 g/mol. The van der Waals surface area contributed by atoms with Gasteiger partial charge in [-0.3, -0.25) is 0 Å². The Morgan fingerprint density at radius 1 is 0.789 bits per heavy atom. The number of benzene rings is 1. The minimum atomic E-state index is 0.750. The van der Waals surface area contributed by atoms with Gasteiger partial charge in [-0.15, -0.1) is 0 Å². The van der Waals surface area contributed by atoms with E-state index >= 15 is 0 Å². The fraction of sp³-hybridized carbons (Fsp3) is 0.467. The number of carbonyl (C=O) groups excluding carboxylic acids is 2. The molecule has 1 saturated carbocycles. The van der Waals surface area contributed by atoms with Crippen molar-refractivity contribution >= 4 is 12.2 Å². The standard InChI is InChI=1S/C7H8.C6H12.2CHNO/c1-7-5-3-2-4-6-7;1-2-4-6-5-3-1;2*2-1-3/h2-6H,1H3;1-6H2;2*2H. The minimum Gasteiger partial charge on any atom is -0.222 e. The van der Waals surface area contributed by atoms with Crippen LogP contribution in [0.1, 0.15) is 44.1 Å². The maximum absolute atomic E-state index is 8.35. The Hall–Kier alpha value is -2.02. The highest BCUT2D eigenvalue weighted by Gasteiger charge is 1.95. The first-order chi connectivity index (χ1) is 9.22. The Bertz CT molecular complexity index is 324. The smallest absolute Gasteiger partial charge is 0.222 e. The Kier molecular flexibility index (Phi) is 18.7. The summed E-state index contributed by atoms with van der Waals surface area (Å²) >= 11 is 0. The third-order valence-electron chi connectivity index (χ3n) is 2.44. The third kappa shape index (κ3) is 21.8. The van der Waals surface area contributed by atoms with Gasteiger partial charge in [0.05, 0.1) is 0 Å². The van der Waals surface area contributed by atoms with E-state index in [2.05, 4.69) is 19.1 Å². The molecule has 0 heterocycles. The average Bonchev–Trinajstić information content (AvgIpc) is 2.44. The van der Waals surface area contributed by atoms with E-state index in [1.54, 1.807) is 0 Å². The number of nitrogens with one attached hydrogen (secondary N) is 2. The summed E-state index contributed by atoms with van der Waals surface area (Å²) in [4.78, 5) is 16.7. The van der Waals surface area contributed by atoms with Crippen LogP contribution in [0.4, 0.5) is 0 Å². The van der Waals surface area contributed by atoms with Gasteiger partial charge in [-0.25, -0.2) is 20.4 Å². The van der Waals surface area contributed by atoms with Crippen LogP contribution in [0.15, 0.2) is 30.3 Å². The van der Waals surface area contributed by atoms with Crippen molar-refractivity contribution in [2.24, 2.45) is 0 Å². The molecule has 2 rings (SSSR count). The summed E-state index contributed by atoms with van der Waals surface area (Å²) in [5.41, 5.74) is 1.32. The van der Waals surface area contributed by atoms with Gasteiger partial charge in [0.1, 0.15) is 0 Å². The number of rotatable bonds is 0. The Labute approximate surface area is 114 Å². The molecule has 1 aromatic carbocycles. The molecule has 4 nitrogen and oxygen atoms in total. The lowest BCUT2D eigenvalue weighted by atomic mass is 10.0. The monoisotopic (exact) mass is 262 g/mol. The van der Waals surface area contributed by atoms with E-state index in [9.17, 15) is 0 Å². The summed E-state index contributed by atoms with van der Waals surface area (Å²) in [6.45, 7) is 2.08. The molecule has 0 radical (unpaired) electrons. The van der Waals surface area contributed by atoms with Crippen molar-refractivity contribution in [1.29, 1.82) is 10.8 Å². The van der Waals surface area contributed by atoms with Gasteiger partial charge in [0.15, 0.2) is 0 Å². The summed E-state index contributed by atoms with van der Waals surface area (Å²) in [5.74, 6) is 0. The van der Waals surface area contributed by atoms with Crippen molar-refractivity contribution < 1.29 is 9.59 Å². The minimum absolute atomic E-state index is 0.750. The van der Waals surface area contributed by atoms with Crippen LogP contribution in [0.2, 0.25) is 0 Å². The van der Waals surface area contributed by atoms with Gasteiger partial charge in [-0.2, -0.15) is 0 Å². The quantitative estimate of drug-likeness (QED) is 0.544. The number of hydrogen-bond donors (Lipinski definition) is 2. The number of isocyanates is 2. The van der Waals surface area contributed by atoms with Crippen LogP contribution in [0.5, 0.6) is 0 Å². The molecule has 0 aromatic heterocycles. The van der Waals surface area contributed by atoms with Gasteiger partial charge in [0.2, 0.25) is 12.2 Å². The predicted octanol–water partition coefficient (Wildman–Crippen LogP) is 4.14. The van der Waals surface area contributed by atoms with Crippen LogP contribution >= 0.6 is 0 Å². The molecule has 1 fully saturated rings. The zero-order valence-corrected chi connectivity index (χ0v) is 11.4. The van der Waals surface area contributed by atoms with Gasteiger partial charge < -0.3 is 0 Å². The Morgan fingerprint density at radius 2 is 1.05 bits per heavy atom. The summed E-state index contributed by atoms with van der Waals surface area (Å²) in [6, 6.07) is 10.3. The highest BCUT2D eigenvalue weighted by Crippen LogP contribution is 2.15. The van der Waals surface area contributed by atoms with E-state index in [0.29, 0.717) is 0 Å². The van der Waals surface area contributed by atoms with E-state index in [-0.39, 0.29) is 0 Å². The molecule has 0 atom stereocenters.